The van der Waals surface area contributed by atoms with Gasteiger partial charge in [-0.3, -0.25) is 9.71 Å². The van der Waals surface area contributed by atoms with Crippen LogP contribution in [0.25, 0.3) is 12.2 Å². The maximum atomic E-state index is 12.5. The molecule has 0 spiro atoms. The zero-order valence-electron chi connectivity index (χ0n) is 13.3. The molecule has 1 unspecified atom stereocenters. The van der Waals surface area contributed by atoms with E-state index in [1.807, 2.05) is 0 Å². The molecule has 0 aliphatic heterocycles. The van der Waals surface area contributed by atoms with E-state index in [9.17, 15) is 17.4 Å². The van der Waals surface area contributed by atoms with Crippen LogP contribution in [-0.4, -0.2) is 15.6 Å². The molecule has 0 aliphatic rings. The number of halogens is 3. The van der Waals surface area contributed by atoms with E-state index in [0.717, 1.165) is 6.07 Å². The smallest absolute Gasteiger partial charge is 0.406 e. The van der Waals surface area contributed by atoms with Crippen LogP contribution < -0.4 is 9.46 Å². The number of benzene rings is 1. The molecule has 2 rings (SSSR count). The molecule has 2 aromatic rings. The molecule has 0 bridgehead atoms. The Kier molecular flexibility index (Phi) is 5.63. The summed E-state index contributed by atoms with van der Waals surface area (Å²) in [5, 5.41) is 0. The summed E-state index contributed by atoms with van der Waals surface area (Å²) >= 11 is 0. The number of hydrogen-bond donors (Lipinski definition) is 1. The summed E-state index contributed by atoms with van der Waals surface area (Å²) < 4.78 is 56.1. The van der Waals surface area contributed by atoms with E-state index >= 15 is 0 Å². The molecular weight excluding hydrogens is 353 g/mol. The summed E-state index contributed by atoms with van der Waals surface area (Å²) in [7, 11) is -1.80. The van der Waals surface area contributed by atoms with Crippen molar-refractivity contribution >= 4 is 28.8 Å². The van der Waals surface area contributed by atoms with Crippen molar-refractivity contribution in [1.82, 2.24) is 4.98 Å². The van der Waals surface area contributed by atoms with Gasteiger partial charge in [0.2, 0.25) is 0 Å². The Labute approximate surface area is 145 Å². The molecule has 1 atom stereocenters. The first-order chi connectivity index (χ1) is 11.7. The monoisotopic (exact) mass is 368 g/mol. The highest BCUT2D eigenvalue weighted by atomic mass is 32.2. The van der Waals surface area contributed by atoms with E-state index in [0.29, 0.717) is 22.5 Å². The normalized spacial score (nSPS) is 12.3. The van der Waals surface area contributed by atoms with Gasteiger partial charge in [-0.2, -0.15) is 0 Å². The highest BCUT2D eigenvalue weighted by Gasteiger charge is 2.31. The van der Waals surface area contributed by atoms with E-state index in [-0.39, 0.29) is 4.90 Å². The van der Waals surface area contributed by atoms with Gasteiger partial charge in [0.05, 0.1) is 22.5 Å². The van der Waals surface area contributed by atoms with Gasteiger partial charge < -0.3 is 4.74 Å². The summed E-state index contributed by atoms with van der Waals surface area (Å²) in [5.74, 6) is -0.435. The predicted octanol–water partition coefficient (Wildman–Crippen LogP) is 4.71. The average Bonchev–Trinajstić information content (AvgIpc) is 2.55. The van der Waals surface area contributed by atoms with Crippen molar-refractivity contribution in [3.05, 3.63) is 60.4 Å². The summed E-state index contributed by atoms with van der Waals surface area (Å²) in [4.78, 5) is 4.32. The molecule has 4 nitrogen and oxygen atoms in total. The number of aryl methyl sites for hydroxylation is 1. The summed E-state index contributed by atoms with van der Waals surface area (Å²) in [6, 6.07) is 5.33. The molecule has 25 heavy (non-hydrogen) atoms. The van der Waals surface area contributed by atoms with Crippen LogP contribution in [-0.2, 0) is 11.0 Å². The molecule has 0 amide bonds. The first-order valence-corrected chi connectivity index (χ1v) is 8.18. The van der Waals surface area contributed by atoms with Crippen LogP contribution in [0.5, 0.6) is 5.75 Å². The third kappa shape index (κ3) is 4.93. The lowest BCUT2D eigenvalue weighted by atomic mass is 10.2. The predicted molar refractivity (Wildman–Crippen MR) is 92.3 cm³/mol. The van der Waals surface area contributed by atoms with Crippen LogP contribution in [0.2, 0.25) is 0 Å². The molecule has 8 heteroatoms. The Hall–Kier alpha value is -2.61. The van der Waals surface area contributed by atoms with Gasteiger partial charge in [0.15, 0.2) is 11.0 Å². The quantitative estimate of drug-likeness (QED) is 0.803. The number of hydrogen-bond acceptors (Lipinski definition) is 3. The lowest BCUT2D eigenvalue weighted by molar-refractivity contribution is -0.274. The molecule has 0 saturated heterocycles. The van der Waals surface area contributed by atoms with E-state index in [1.54, 1.807) is 25.1 Å². The SMILES string of the molecule is C=Cc1cc(NS(=O)c2cc(OC(F)(F)F)ccc2C)cnc1C=C. The zero-order valence-corrected chi connectivity index (χ0v) is 14.1. The van der Waals surface area contributed by atoms with Crippen LogP contribution in [0, 0.1) is 6.92 Å². The van der Waals surface area contributed by atoms with Gasteiger partial charge in [0.25, 0.3) is 0 Å². The topological polar surface area (TPSA) is 51.2 Å². The molecule has 0 radical (unpaired) electrons. The van der Waals surface area contributed by atoms with Gasteiger partial charge in [0.1, 0.15) is 5.75 Å². The second-order valence-corrected chi connectivity index (χ2v) is 6.13. The van der Waals surface area contributed by atoms with Crippen LogP contribution in [0.1, 0.15) is 16.8 Å². The van der Waals surface area contributed by atoms with Crippen LogP contribution in [0.4, 0.5) is 18.9 Å². The van der Waals surface area contributed by atoms with Crippen molar-refractivity contribution in [2.45, 2.75) is 18.2 Å². The molecule has 0 aliphatic carbocycles. The standard InChI is InChI=1S/C17H15F3N2O2S/c1-4-12-8-13(10-21-15(12)5-2)22-25(23)16-9-14(7-6-11(16)3)24-17(18,19)20/h4-10,22H,1-2H2,3H3. The lowest BCUT2D eigenvalue weighted by Crippen LogP contribution is -2.17. The van der Waals surface area contributed by atoms with E-state index < -0.39 is 23.1 Å². The van der Waals surface area contributed by atoms with Crippen molar-refractivity contribution in [3.63, 3.8) is 0 Å². The number of ether oxygens (including phenoxy) is 1. The highest BCUT2D eigenvalue weighted by molar-refractivity contribution is 7.86. The number of alkyl halides is 3. The number of nitrogens with zero attached hydrogens (tertiary/aromatic N) is 1. The van der Waals surface area contributed by atoms with Gasteiger partial charge in [-0.05, 0) is 36.8 Å². The molecule has 132 valence electrons. The van der Waals surface area contributed by atoms with Gasteiger partial charge >= 0.3 is 6.36 Å². The second-order valence-electron chi connectivity index (χ2n) is 4.95. The lowest BCUT2D eigenvalue weighted by Gasteiger charge is -2.13. The Bertz CT molecular complexity index is 835. The first-order valence-electron chi connectivity index (χ1n) is 7.03. The van der Waals surface area contributed by atoms with Crippen LogP contribution >= 0.6 is 0 Å². The maximum absolute atomic E-state index is 12.5. The Morgan fingerprint density at radius 1 is 1.24 bits per heavy atom. The van der Waals surface area contributed by atoms with Gasteiger partial charge in [-0.15, -0.1) is 13.2 Å². The maximum Gasteiger partial charge on any atom is 0.573 e. The molecule has 0 fully saturated rings. The van der Waals surface area contributed by atoms with Gasteiger partial charge in [-0.25, -0.2) is 4.21 Å². The highest BCUT2D eigenvalue weighted by Crippen LogP contribution is 2.27. The average molecular weight is 368 g/mol. The van der Waals surface area contributed by atoms with Crippen molar-refractivity contribution in [2.24, 2.45) is 0 Å². The van der Waals surface area contributed by atoms with Crippen molar-refractivity contribution < 1.29 is 22.1 Å². The van der Waals surface area contributed by atoms with E-state index in [1.165, 1.54) is 18.3 Å². The fraction of sp³-hybridized carbons (Fsp3) is 0.118. The molecule has 1 aromatic heterocycles. The fourth-order valence-corrected chi connectivity index (χ4v) is 3.04. The molecule has 1 aromatic carbocycles. The van der Waals surface area contributed by atoms with Crippen molar-refractivity contribution in [1.29, 1.82) is 0 Å². The van der Waals surface area contributed by atoms with Crippen LogP contribution in [0.3, 0.4) is 0 Å². The number of aromatic nitrogens is 1. The summed E-state index contributed by atoms with van der Waals surface area (Å²) in [6.45, 7) is 8.93. The first kappa shape index (κ1) is 18.7. The van der Waals surface area contributed by atoms with E-state index in [2.05, 4.69) is 27.6 Å². The summed E-state index contributed by atoms with van der Waals surface area (Å²) in [5.41, 5.74) is 2.28. The van der Waals surface area contributed by atoms with Gasteiger partial charge in [-0.1, -0.05) is 25.3 Å². The van der Waals surface area contributed by atoms with Crippen LogP contribution in [0.15, 0.2) is 48.5 Å². The number of pyridine rings is 1. The Morgan fingerprint density at radius 3 is 2.56 bits per heavy atom. The number of nitrogens with one attached hydrogen (secondary N) is 1. The van der Waals surface area contributed by atoms with Crippen molar-refractivity contribution in [2.75, 3.05) is 4.72 Å². The third-order valence-electron chi connectivity index (χ3n) is 3.17. The molecule has 1 N–H and O–H groups in total. The second kappa shape index (κ2) is 7.52. The third-order valence-corrected chi connectivity index (χ3v) is 4.43. The minimum Gasteiger partial charge on any atom is -0.406 e. The Balaban J connectivity index is 2.27. The zero-order chi connectivity index (χ0) is 18.6. The molecule has 0 saturated carbocycles. The molecular formula is C17H15F3N2O2S. The fourth-order valence-electron chi connectivity index (χ4n) is 2.02. The van der Waals surface area contributed by atoms with Gasteiger partial charge in [0, 0.05) is 5.56 Å². The largest absolute Gasteiger partial charge is 0.573 e. The number of anilines is 1. The number of rotatable bonds is 6. The molecule has 1 heterocycles. The Morgan fingerprint density at radius 2 is 1.96 bits per heavy atom. The summed E-state index contributed by atoms with van der Waals surface area (Å²) in [6.07, 6.45) is -0.237. The minimum atomic E-state index is -4.81. The minimum absolute atomic E-state index is 0.176. The van der Waals surface area contributed by atoms with Crippen molar-refractivity contribution in [3.8, 4) is 5.75 Å². The van der Waals surface area contributed by atoms with E-state index in [4.69, 9.17) is 0 Å².